The summed E-state index contributed by atoms with van der Waals surface area (Å²) in [6.45, 7) is 1.63. The van der Waals surface area contributed by atoms with E-state index in [0.717, 1.165) is 46.7 Å². The highest BCUT2D eigenvalue weighted by molar-refractivity contribution is 9.10. The summed E-state index contributed by atoms with van der Waals surface area (Å²) in [7, 11) is 0. The molecule has 1 aliphatic rings. The highest BCUT2D eigenvalue weighted by Crippen LogP contribution is 2.27. The van der Waals surface area contributed by atoms with Crippen LogP contribution in [0.15, 0.2) is 47.5 Å². The average molecular weight is 442 g/mol. The SMILES string of the molecule is O=C1CN(c2cc(NCCCc3cn[nH]c3)ncn2)Cc2ccc(Br)cc2N1. The summed E-state index contributed by atoms with van der Waals surface area (Å²) in [5.41, 5.74) is 3.06. The zero-order chi connectivity index (χ0) is 19.3. The van der Waals surface area contributed by atoms with Gasteiger partial charge in [-0.25, -0.2) is 9.97 Å². The number of hydrogen-bond donors (Lipinski definition) is 3. The maximum atomic E-state index is 12.3. The summed E-state index contributed by atoms with van der Waals surface area (Å²) in [4.78, 5) is 22.9. The number of carbonyl (C=O) groups is 1. The van der Waals surface area contributed by atoms with Crippen LogP contribution in [0.4, 0.5) is 17.3 Å². The van der Waals surface area contributed by atoms with Gasteiger partial charge >= 0.3 is 0 Å². The first-order valence-corrected chi connectivity index (χ1v) is 9.83. The van der Waals surface area contributed by atoms with Crippen LogP contribution in [0.3, 0.4) is 0 Å². The van der Waals surface area contributed by atoms with Gasteiger partial charge in [-0.05, 0) is 36.1 Å². The number of benzene rings is 1. The molecule has 0 atom stereocenters. The molecule has 0 bridgehead atoms. The largest absolute Gasteiger partial charge is 0.370 e. The van der Waals surface area contributed by atoms with Gasteiger partial charge in [0.25, 0.3) is 0 Å². The minimum Gasteiger partial charge on any atom is -0.370 e. The van der Waals surface area contributed by atoms with Crippen LogP contribution in [-0.2, 0) is 17.8 Å². The molecule has 144 valence electrons. The number of hydrogen-bond acceptors (Lipinski definition) is 6. The lowest BCUT2D eigenvalue weighted by atomic mass is 10.1. The van der Waals surface area contributed by atoms with Crippen molar-refractivity contribution < 1.29 is 4.79 Å². The van der Waals surface area contributed by atoms with E-state index >= 15 is 0 Å². The Hall–Kier alpha value is -2.94. The zero-order valence-electron chi connectivity index (χ0n) is 15.2. The van der Waals surface area contributed by atoms with Crippen molar-refractivity contribution in [1.82, 2.24) is 20.2 Å². The lowest BCUT2D eigenvalue weighted by Crippen LogP contribution is -2.30. The molecule has 1 aromatic carbocycles. The van der Waals surface area contributed by atoms with Gasteiger partial charge in [-0.3, -0.25) is 9.89 Å². The van der Waals surface area contributed by atoms with Crippen LogP contribution in [0.5, 0.6) is 0 Å². The van der Waals surface area contributed by atoms with Gasteiger partial charge in [0, 0.05) is 35.5 Å². The second-order valence-electron chi connectivity index (χ2n) is 6.60. The van der Waals surface area contributed by atoms with E-state index in [0.29, 0.717) is 6.54 Å². The monoisotopic (exact) mass is 441 g/mol. The number of aromatic nitrogens is 4. The van der Waals surface area contributed by atoms with Crippen LogP contribution in [-0.4, -0.2) is 39.2 Å². The maximum absolute atomic E-state index is 12.3. The molecule has 0 fully saturated rings. The zero-order valence-corrected chi connectivity index (χ0v) is 16.7. The van der Waals surface area contributed by atoms with E-state index in [1.54, 1.807) is 0 Å². The molecular weight excluding hydrogens is 422 g/mol. The van der Waals surface area contributed by atoms with E-state index in [4.69, 9.17) is 0 Å². The fourth-order valence-electron chi connectivity index (χ4n) is 3.13. The lowest BCUT2D eigenvalue weighted by molar-refractivity contribution is -0.114. The third-order valence-corrected chi connectivity index (χ3v) is 5.01. The first-order valence-electron chi connectivity index (χ1n) is 9.04. The van der Waals surface area contributed by atoms with Gasteiger partial charge in [-0.2, -0.15) is 5.10 Å². The maximum Gasteiger partial charge on any atom is 0.243 e. The van der Waals surface area contributed by atoms with Gasteiger partial charge in [-0.15, -0.1) is 0 Å². The van der Waals surface area contributed by atoms with E-state index in [1.165, 1.54) is 11.9 Å². The molecule has 0 unspecified atom stereocenters. The van der Waals surface area contributed by atoms with Crippen LogP contribution < -0.4 is 15.5 Å². The number of fused-ring (bicyclic) bond motifs is 1. The number of aromatic amines is 1. The number of anilines is 3. The molecule has 1 aliphatic heterocycles. The number of amides is 1. The van der Waals surface area contributed by atoms with Crippen LogP contribution >= 0.6 is 15.9 Å². The molecule has 2 aromatic heterocycles. The van der Waals surface area contributed by atoms with E-state index in [-0.39, 0.29) is 12.5 Å². The highest BCUT2D eigenvalue weighted by atomic mass is 79.9. The third-order valence-electron chi connectivity index (χ3n) is 4.52. The molecule has 4 rings (SSSR count). The van der Waals surface area contributed by atoms with E-state index in [2.05, 4.69) is 46.7 Å². The van der Waals surface area contributed by atoms with Crippen molar-refractivity contribution in [3.8, 4) is 0 Å². The van der Waals surface area contributed by atoms with Crippen molar-refractivity contribution in [2.24, 2.45) is 0 Å². The summed E-state index contributed by atoms with van der Waals surface area (Å²) in [6, 6.07) is 7.79. The predicted octanol–water partition coefficient (Wildman–Crippen LogP) is 2.97. The summed E-state index contributed by atoms with van der Waals surface area (Å²) >= 11 is 3.45. The Bertz CT molecular complexity index is 961. The second-order valence-corrected chi connectivity index (χ2v) is 7.52. The fourth-order valence-corrected chi connectivity index (χ4v) is 3.49. The van der Waals surface area contributed by atoms with Gasteiger partial charge in [-0.1, -0.05) is 22.0 Å². The van der Waals surface area contributed by atoms with Crippen LogP contribution in [0, 0.1) is 0 Å². The normalized spacial score (nSPS) is 13.6. The summed E-state index contributed by atoms with van der Waals surface area (Å²) in [5, 5.41) is 13.0. The molecule has 0 saturated heterocycles. The lowest BCUT2D eigenvalue weighted by Gasteiger charge is -2.21. The number of halogens is 1. The molecule has 0 aliphatic carbocycles. The minimum atomic E-state index is -0.0647. The van der Waals surface area contributed by atoms with Gasteiger partial charge in [0.15, 0.2) is 0 Å². The molecule has 1 amide bonds. The first-order chi connectivity index (χ1) is 13.7. The van der Waals surface area contributed by atoms with E-state index in [9.17, 15) is 4.79 Å². The second kappa shape index (κ2) is 8.39. The molecule has 28 heavy (non-hydrogen) atoms. The quantitative estimate of drug-likeness (QED) is 0.508. The number of H-pyrrole nitrogens is 1. The molecular formula is C19H20BrN7O. The Morgan fingerprint density at radius 1 is 1.21 bits per heavy atom. The molecule has 3 heterocycles. The molecule has 3 aromatic rings. The van der Waals surface area contributed by atoms with Gasteiger partial charge in [0.1, 0.15) is 18.0 Å². The van der Waals surface area contributed by atoms with Gasteiger partial charge in [0.2, 0.25) is 5.91 Å². The summed E-state index contributed by atoms with van der Waals surface area (Å²) < 4.78 is 0.934. The molecule has 9 heteroatoms. The van der Waals surface area contributed by atoms with Crippen molar-refractivity contribution in [2.45, 2.75) is 19.4 Å². The number of nitrogens with zero attached hydrogens (tertiary/aromatic N) is 4. The van der Waals surface area contributed by atoms with Crippen molar-refractivity contribution in [3.63, 3.8) is 0 Å². The summed E-state index contributed by atoms with van der Waals surface area (Å²) in [5.74, 6) is 1.40. The Kier molecular flexibility index (Phi) is 5.52. The van der Waals surface area contributed by atoms with Crippen LogP contribution in [0.1, 0.15) is 17.5 Å². The standard InChI is InChI=1S/C19H20BrN7O/c20-15-4-3-14-10-27(11-19(28)26-16(14)6-15)18-7-17(22-12-23-18)21-5-1-2-13-8-24-25-9-13/h3-4,6-9,12H,1-2,5,10-11H2,(H,24,25)(H,26,28)(H,21,22,23). The van der Waals surface area contributed by atoms with Crippen LogP contribution in [0.2, 0.25) is 0 Å². The smallest absolute Gasteiger partial charge is 0.243 e. The van der Waals surface area contributed by atoms with Gasteiger partial charge in [0.05, 0.1) is 12.7 Å². The first kappa shape index (κ1) is 18.4. The van der Waals surface area contributed by atoms with Crippen molar-refractivity contribution in [1.29, 1.82) is 0 Å². The molecule has 0 spiro atoms. The van der Waals surface area contributed by atoms with Crippen LogP contribution in [0.25, 0.3) is 0 Å². The van der Waals surface area contributed by atoms with E-state index < -0.39 is 0 Å². The Morgan fingerprint density at radius 2 is 2.14 bits per heavy atom. The topological polar surface area (TPSA) is 98.8 Å². The number of aryl methyl sites for hydroxylation is 1. The van der Waals surface area contributed by atoms with Crippen molar-refractivity contribution in [3.05, 3.63) is 58.6 Å². The van der Waals surface area contributed by atoms with Crippen molar-refractivity contribution >= 4 is 39.2 Å². The Balaban J connectivity index is 1.42. The average Bonchev–Trinajstić information content (AvgIpc) is 3.14. The van der Waals surface area contributed by atoms with Gasteiger partial charge < -0.3 is 15.5 Å². The third kappa shape index (κ3) is 4.48. The molecule has 8 nitrogen and oxygen atoms in total. The minimum absolute atomic E-state index is 0.0647. The molecule has 0 saturated carbocycles. The Labute approximate surface area is 170 Å². The Morgan fingerprint density at radius 3 is 3.00 bits per heavy atom. The number of carbonyl (C=O) groups excluding carboxylic acids is 1. The van der Waals surface area contributed by atoms with Crippen molar-refractivity contribution in [2.75, 3.05) is 28.6 Å². The highest BCUT2D eigenvalue weighted by Gasteiger charge is 2.21. The van der Waals surface area contributed by atoms with E-state index in [1.807, 2.05) is 41.6 Å². The summed E-state index contributed by atoms with van der Waals surface area (Å²) in [6.07, 6.45) is 7.18. The number of rotatable bonds is 6. The molecule has 3 N–H and O–H groups in total. The molecule has 0 radical (unpaired) electrons. The number of nitrogens with one attached hydrogen (secondary N) is 3. The fraction of sp³-hybridized carbons (Fsp3) is 0.263. The predicted molar refractivity (Wildman–Crippen MR) is 111 cm³/mol.